The van der Waals surface area contributed by atoms with Crippen LogP contribution in [0.1, 0.15) is 20.8 Å². The average Bonchev–Trinajstić information content (AvgIpc) is 2.46. The van der Waals surface area contributed by atoms with Gasteiger partial charge in [0.2, 0.25) is 5.91 Å². The molecule has 140 valence electrons. The summed E-state index contributed by atoms with van der Waals surface area (Å²) in [5.41, 5.74) is -0.518. The number of hydrogen-bond donors (Lipinski definition) is 3. The summed E-state index contributed by atoms with van der Waals surface area (Å²) in [5.74, 6) is 1.40. The lowest BCUT2D eigenvalue weighted by molar-refractivity contribution is -0.127. The third kappa shape index (κ3) is 12.9. The summed E-state index contributed by atoms with van der Waals surface area (Å²) in [6, 6.07) is 0. The minimum absolute atomic E-state index is 0.0705. The molecule has 0 aromatic heterocycles. The van der Waals surface area contributed by atoms with E-state index < -0.39 is 11.7 Å². The Bertz CT molecular complexity index is 422. The molecule has 0 saturated carbocycles. The van der Waals surface area contributed by atoms with Crippen molar-refractivity contribution in [2.45, 2.75) is 26.4 Å². The molecule has 0 rings (SSSR count). The maximum Gasteiger partial charge on any atom is 0.407 e. The lowest BCUT2D eigenvalue weighted by atomic mass is 10.2. The SMILES string of the molecule is CSCCNC(=NCC(=O)N(C)C)NCCNC(=O)OC(C)(C)C. The summed E-state index contributed by atoms with van der Waals surface area (Å²) in [4.78, 5) is 28.9. The van der Waals surface area contributed by atoms with Crippen molar-refractivity contribution in [3.63, 3.8) is 0 Å². The largest absolute Gasteiger partial charge is 0.444 e. The quantitative estimate of drug-likeness (QED) is 0.331. The molecule has 2 amide bonds. The van der Waals surface area contributed by atoms with Gasteiger partial charge in [0.05, 0.1) is 0 Å². The molecule has 0 heterocycles. The zero-order valence-electron chi connectivity index (χ0n) is 15.6. The second-order valence-electron chi connectivity index (χ2n) is 6.23. The van der Waals surface area contributed by atoms with Crippen LogP contribution in [0.2, 0.25) is 0 Å². The number of thioether (sulfide) groups is 1. The molecule has 3 N–H and O–H groups in total. The number of carbonyl (C=O) groups excluding carboxylic acids is 2. The standard InChI is InChI=1S/C15H31N5O3S/c1-15(2,3)23-14(22)18-8-7-16-13(17-9-10-24-6)19-11-12(21)20(4)5/h7-11H2,1-6H3,(H,18,22)(H2,16,17,19). The molecular weight excluding hydrogens is 330 g/mol. The predicted molar refractivity (Wildman–Crippen MR) is 99.6 cm³/mol. The Hall–Kier alpha value is -1.64. The van der Waals surface area contributed by atoms with Gasteiger partial charge < -0.3 is 25.6 Å². The molecule has 0 radical (unpaired) electrons. The van der Waals surface area contributed by atoms with Crippen molar-refractivity contribution in [2.75, 3.05) is 52.3 Å². The van der Waals surface area contributed by atoms with Gasteiger partial charge in [0.15, 0.2) is 5.96 Å². The molecule has 8 nitrogen and oxygen atoms in total. The van der Waals surface area contributed by atoms with Crippen molar-refractivity contribution >= 4 is 29.7 Å². The summed E-state index contributed by atoms with van der Waals surface area (Å²) in [5, 5.41) is 8.88. The van der Waals surface area contributed by atoms with Gasteiger partial charge in [-0.1, -0.05) is 0 Å². The van der Waals surface area contributed by atoms with Gasteiger partial charge in [0.1, 0.15) is 12.1 Å². The number of alkyl carbamates (subject to hydrolysis) is 1. The maximum atomic E-state index is 11.6. The molecule has 0 fully saturated rings. The fourth-order valence-electron chi connectivity index (χ4n) is 1.39. The van der Waals surface area contributed by atoms with Gasteiger partial charge in [0.25, 0.3) is 0 Å². The second kappa shape index (κ2) is 11.8. The van der Waals surface area contributed by atoms with E-state index in [1.54, 1.807) is 25.9 Å². The van der Waals surface area contributed by atoms with Crippen LogP contribution in [0.3, 0.4) is 0 Å². The van der Waals surface area contributed by atoms with Crippen molar-refractivity contribution in [2.24, 2.45) is 4.99 Å². The Balaban J connectivity index is 4.27. The van der Waals surface area contributed by atoms with Crippen LogP contribution in [0, 0.1) is 0 Å². The van der Waals surface area contributed by atoms with Crippen LogP contribution in [0.5, 0.6) is 0 Å². The van der Waals surface area contributed by atoms with Crippen LogP contribution < -0.4 is 16.0 Å². The zero-order valence-corrected chi connectivity index (χ0v) is 16.4. The van der Waals surface area contributed by atoms with Crippen LogP contribution in [-0.2, 0) is 9.53 Å². The zero-order chi connectivity index (χ0) is 18.6. The van der Waals surface area contributed by atoms with Crippen LogP contribution in [-0.4, -0.2) is 80.7 Å². The van der Waals surface area contributed by atoms with Crippen molar-refractivity contribution in [3.05, 3.63) is 0 Å². The molecule has 0 spiro atoms. The summed E-state index contributed by atoms with van der Waals surface area (Å²) < 4.78 is 5.15. The van der Waals surface area contributed by atoms with Crippen molar-refractivity contribution < 1.29 is 14.3 Å². The summed E-state index contributed by atoms with van der Waals surface area (Å²) in [7, 11) is 3.38. The van der Waals surface area contributed by atoms with Crippen LogP contribution in [0.15, 0.2) is 4.99 Å². The van der Waals surface area contributed by atoms with E-state index in [-0.39, 0.29) is 12.5 Å². The molecule has 0 aliphatic heterocycles. The van der Waals surface area contributed by atoms with E-state index in [4.69, 9.17) is 4.74 Å². The van der Waals surface area contributed by atoms with E-state index in [0.717, 1.165) is 12.3 Å². The van der Waals surface area contributed by atoms with Gasteiger partial charge in [-0.25, -0.2) is 9.79 Å². The van der Waals surface area contributed by atoms with Gasteiger partial charge in [-0.2, -0.15) is 11.8 Å². The second-order valence-corrected chi connectivity index (χ2v) is 7.21. The average molecular weight is 362 g/mol. The number of aliphatic imine (C=N–C) groups is 1. The van der Waals surface area contributed by atoms with E-state index in [9.17, 15) is 9.59 Å². The molecule has 24 heavy (non-hydrogen) atoms. The first-order valence-electron chi connectivity index (χ1n) is 7.84. The number of hydrogen-bond acceptors (Lipinski definition) is 5. The number of nitrogens with one attached hydrogen (secondary N) is 3. The molecule has 0 aliphatic rings. The van der Waals surface area contributed by atoms with Gasteiger partial charge in [0, 0.05) is 39.5 Å². The summed E-state index contributed by atoms with van der Waals surface area (Å²) in [6.07, 6.45) is 1.56. The van der Waals surface area contributed by atoms with Crippen LogP contribution in [0.4, 0.5) is 4.79 Å². The van der Waals surface area contributed by atoms with Crippen LogP contribution >= 0.6 is 11.8 Å². The molecule has 9 heteroatoms. The van der Waals surface area contributed by atoms with Crippen molar-refractivity contribution in [1.82, 2.24) is 20.9 Å². The highest BCUT2D eigenvalue weighted by molar-refractivity contribution is 7.98. The first-order valence-corrected chi connectivity index (χ1v) is 9.23. The van der Waals surface area contributed by atoms with E-state index in [2.05, 4.69) is 20.9 Å². The monoisotopic (exact) mass is 361 g/mol. The van der Waals surface area contributed by atoms with Crippen LogP contribution in [0.25, 0.3) is 0 Å². The summed E-state index contributed by atoms with van der Waals surface area (Å²) >= 11 is 1.72. The fourth-order valence-corrected chi connectivity index (χ4v) is 1.70. The summed E-state index contributed by atoms with van der Waals surface area (Å²) in [6.45, 7) is 7.11. The minimum atomic E-state index is -0.518. The fraction of sp³-hybridized carbons (Fsp3) is 0.800. The Morgan fingerprint density at radius 2 is 1.67 bits per heavy atom. The number of rotatable bonds is 8. The molecule has 0 aliphatic carbocycles. The smallest absolute Gasteiger partial charge is 0.407 e. The Labute approximate surface area is 149 Å². The highest BCUT2D eigenvalue weighted by Crippen LogP contribution is 2.05. The number of ether oxygens (including phenoxy) is 1. The number of amides is 2. The Kier molecular flexibility index (Phi) is 11.0. The van der Waals surface area contributed by atoms with E-state index >= 15 is 0 Å². The van der Waals surface area contributed by atoms with Crippen molar-refractivity contribution in [1.29, 1.82) is 0 Å². The first kappa shape index (κ1) is 22.4. The van der Waals surface area contributed by atoms with Gasteiger partial charge >= 0.3 is 6.09 Å². The molecule has 0 aromatic rings. The number of likely N-dealkylation sites (N-methyl/N-ethyl adjacent to an activating group) is 1. The molecule has 0 unspecified atom stereocenters. The lowest BCUT2D eigenvalue weighted by Gasteiger charge is -2.20. The van der Waals surface area contributed by atoms with E-state index in [1.807, 2.05) is 27.0 Å². The lowest BCUT2D eigenvalue weighted by Crippen LogP contribution is -2.43. The topological polar surface area (TPSA) is 95.1 Å². The Morgan fingerprint density at radius 3 is 2.21 bits per heavy atom. The van der Waals surface area contributed by atoms with Gasteiger partial charge in [-0.15, -0.1) is 0 Å². The van der Waals surface area contributed by atoms with Gasteiger partial charge in [-0.05, 0) is 27.0 Å². The third-order valence-electron chi connectivity index (χ3n) is 2.56. The Morgan fingerprint density at radius 1 is 1.08 bits per heavy atom. The predicted octanol–water partition coefficient (Wildman–Crippen LogP) is 0.498. The molecule has 0 aromatic carbocycles. The highest BCUT2D eigenvalue weighted by Gasteiger charge is 2.15. The van der Waals surface area contributed by atoms with Crippen molar-refractivity contribution in [3.8, 4) is 0 Å². The normalized spacial score (nSPS) is 11.7. The van der Waals surface area contributed by atoms with Gasteiger partial charge in [-0.3, -0.25) is 4.79 Å². The molecule has 0 atom stereocenters. The highest BCUT2D eigenvalue weighted by atomic mass is 32.2. The third-order valence-corrected chi connectivity index (χ3v) is 3.17. The minimum Gasteiger partial charge on any atom is -0.444 e. The maximum absolute atomic E-state index is 11.6. The number of carbonyl (C=O) groups is 2. The number of nitrogens with zero attached hydrogens (tertiary/aromatic N) is 2. The molecule has 0 bridgehead atoms. The van der Waals surface area contributed by atoms with E-state index in [1.165, 1.54) is 4.90 Å². The first-order chi connectivity index (χ1) is 11.2. The molecular formula is C15H31N5O3S. The number of guanidine groups is 1. The molecule has 0 saturated heterocycles. The van der Waals surface area contributed by atoms with E-state index in [0.29, 0.717) is 19.0 Å².